The van der Waals surface area contributed by atoms with Crippen LogP contribution in [0.15, 0.2) is 12.2 Å². The zero-order valence-electron chi connectivity index (χ0n) is 8.42. The van der Waals surface area contributed by atoms with Crippen LogP contribution < -0.4 is 0 Å². The van der Waals surface area contributed by atoms with Gasteiger partial charge in [0.25, 0.3) is 0 Å². The predicted octanol–water partition coefficient (Wildman–Crippen LogP) is 2.89. The first kappa shape index (κ1) is 12.2. The van der Waals surface area contributed by atoms with Crippen molar-refractivity contribution in [2.75, 3.05) is 6.61 Å². The Morgan fingerprint density at radius 1 is 1.38 bits per heavy atom. The summed E-state index contributed by atoms with van der Waals surface area (Å²) in [6.45, 7) is 6.21. The van der Waals surface area contributed by atoms with Crippen molar-refractivity contribution in [2.45, 2.75) is 39.0 Å². The van der Waals surface area contributed by atoms with E-state index in [1.54, 1.807) is 12.2 Å². The number of hydrogen-bond donors (Lipinski definition) is 0. The maximum Gasteiger partial charge on any atom is 0.309 e. The Morgan fingerprint density at radius 2 is 2.15 bits per heavy atom. The molecular formula is C11H19O2. The van der Waals surface area contributed by atoms with E-state index in [9.17, 15) is 4.79 Å². The van der Waals surface area contributed by atoms with Crippen LogP contribution in [0.4, 0.5) is 0 Å². The van der Waals surface area contributed by atoms with E-state index < -0.39 is 0 Å². The van der Waals surface area contributed by atoms with Crippen molar-refractivity contribution < 1.29 is 9.53 Å². The van der Waals surface area contributed by atoms with Gasteiger partial charge in [0.1, 0.15) is 0 Å². The molecule has 0 fully saturated rings. The second-order valence-corrected chi connectivity index (χ2v) is 2.96. The fourth-order valence-electron chi connectivity index (χ4n) is 0.953. The second kappa shape index (κ2) is 9.30. The number of esters is 1. The van der Waals surface area contributed by atoms with E-state index in [0.29, 0.717) is 13.0 Å². The highest BCUT2D eigenvalue weighted by molar-refractivity contribution is 5.71. The third-order valence-corrected chi connectivity index (χ3v) is 1.71. The molecule has 0 bridgehead atoms. The summed E-state index contributed by atoms with van der Waals surface area (Å²) < 4.78 is 4.97. The Balaban J connectivity index is 3.17. The van der Waals surface area contributed by atoms with E-state index in [2.05, 4.69) is 13.8 Å². The van der Waals surface area contributed by atoms with Gasteiger partial charge in [0.2, 0.25) is 0 Å². The maximum atomic E-state index is 10.9. The fraction of sp³-hybridized carbons (Fsp3) is 0.636. The molecule has 0 aromatic rings. The summed E-state index contributed by atoms with van der Waals surface area (Å²) in [4.78, 5) is 10.9. The molecule has 0 heterocycles. The number of ether oxygens (including phenoxy) is 1. The van der Waals surface area contributed by atoms with Gasteiger partial charge in [-0.15, -0.1) is 0 Å². The molecule has 0 rings (SSSR count). The van der Waals surface area contributed by atoms with Crippen LogP contribution in [0.3, 0.4) is 0 Å². The van der Waals surface area contributed by atoms with Gasteiger partial charge in [-0.05, 0) is 13.3 Å². The molecule has 0 saturated carbocycles. The van der Waals surface area contributed by atoms with Crippen molar-refractivity contribution in [3.05, 3.63) is 19.1 Å². The Kier molecular flexibility index (Phi) is 8.73. The molecule has 0 aliphatic carbocycles. The number of allylic oxidation sites excluding steroid dienone is 1. The highest BCUT2D eigenvalue weighted by Gasteiger charge is 1.97. The zero-order valence-corrected chi connectivity index (χ0v) is 8.42. The lowest BCUT2D eigenvalue weighted by molar-refractivity contribution is -0.142. The van der Waals surface area contributed by atoms with E-state index in [4.69, 9.17) is 4.74 Å². The van der Waals surface area contributed by atoms with Crippen molar-refractivity contribution in [3.8, 4) is 0 Å². The minimum Gasteiger partial charge on any atom is -0.465 e. The third kappa shape index (κ3) is 9.12. The molecule has 0 N–H and O–H groups in total. The highest BCUT2D eigenvalue weighted by Crippen LogP contribution is 1.99. The summed E-state index contributed by atoms with van der Waals surface area (Å²) in [7, 11) is 0. The van der Waals surface area contributed by atoms with Gasteiger partial charge in [0.15, 0.2) is 0 Å². The molecule has 1 radical (unpaired) electrons. The molecule has 0 aliphatic rings. The van der Waals surface area contributed by atoms with Crippen LogP contribution in [0.5, 0.6) is 0 Å². The standard InChI is InChI=1S/C11H19O2/c1-3-5-7-8-10-13-11(12)9-6-4-2/h4,6H,2-3,5,7-10H2,1H3. The van der Waals surface area contributed by atoms with Crippen molar-refractivity contribution in [3.63, 3.8) is 0 Å². The SMILES string of the molecule is [CH2]C=CCC(=O)OCCCCCC. The number of rotatable bonds is 7. The molecule has 0 saturated heterocycles. The molecule has 0 atom stereocenters. The van der Waals surface area contributed by atoms with Gasteiger partial charge in [0, 0.05) is 0 Å². The van der Waals surface area contributed by atoms with E-state index in [1.807, 2.05) is 0 Å². The van der Waals surface area contributed by atoms with Crippen molar-refractivity contribution in [1.82, 2.24) is 0 Å². The van der Waals surface area contributed by atoms with E-state index in [0.717, 1.165) is 12.8 Å². The van der Waals surface area contributed by atoms with Crippen molar-refractivity contribution >= 4 is 5.97 Å². The van der Waals surface area contributed by atoms with Crippen LogP contribution in [-0.2, 0) is 9.53 Å². The average molecular weight is 183 g/mol. The summed E-state index contributed by atoms with van der Waals surface area (Å²) >= 11 is 0. The van der Waals surface area contributed by atoms with Crippen molar-refractivity contribution in [2.24, 2.45) is 0 Å². The van der Waals surface area contributed by atoms with Crippen LogP contribution in [0, 0.1) is 6.92 Å². The van der Waals surface area contributed by atoms with Crippen LogP contribution in [0.2, 0.25) is 0 Å². The largest absolute Gasteiger partial charge is 0.465 e. The van der Waals surface area contributed by atoms with Gasteiger partial charge in [-0.3, -0.25) is 4.79 Å². The number of hydrogen-bond acceptors (Lipinski definition) is 2. The van der Waals surface area contributed by atoms with Gasteiger partial charge in [-0.2, -0.15) is 0 Å². The topological polar surface area (TPSA) is 26.3 Å². The lowest BCUT2D eigenvalue weighted by Gasteiger charge is -2.01. The molecule has 0 spiro atoms. The second-order valence-electron chi connectivity index (χ2n) is 2.96. The minimum absolute atomic E-state index is 0.156. The molecular weight excluding hydrogens is 164 g/mol. The maximum absolute atomic E-state index is 10.9. The lowest BCUT2D eigenvalue weighted by atomic mass is 10.2. The van der Waals surface area contributed by atoms with Gasteiger partial charge < -0.3 is 4.74 Å². The van der Waals surface area contributed by atoms with Crippen LogP contribution in [-0.4, -0.2) is 12.6 Å². The molecule has 2 nitrogen and oxygen atoms in total. The summed E-state index contributed by atoms with van der Waals surface area (Å²) in [6.07, 6.45) is 8.21. The van der Waals surface area contributed by atoms with Crippen LogP contribution >= 0.6 is 0 Å². The number of unbranched alkanes of at least 4 members (excludes halogenated alkanes) is 3. The predicted molar refractivity (Wildman–Crippen MR) is 54.2 cm³/mol. The molecule has 0 aromatic carbocycles. The monoisotopic (exact) mass is 183 g/mol. The quantitative estimate of drug-likeness (QED) is 0.448. The lowest BCUT2D eigenvalue weighted by Crippen LogP contribution is -2.04. The number of carbonyl (C=O) groups is 1. The molecule has 0 aromatic heterocycles. The molecule has 0 amide bonds. The first-order valence-corrected chi connectivity index (χ1v) is 4.91. The van der Waals surface area contributed by atoms with Gasteiger partial charge in [-0.1, -0.05) is 38.3 Å². The highest BCUT2D eigenvalue weighted by atomic mass is 16.5. The number of carbonyl (C=O) groups excluding carboxylic acids is 1. The van der Waals surface area contributed by atoms with Crippen LogP contribution in [0.1, 0.15) is 39.0 Å². The summed E-state index contributed by atoms with van der Waals surface area (Å²) in [5, 5.41) is 0. The summed E-state index contributed by atoms with van der Waals surface area (Å²) in [6, 6.07) is 0. The molecule has 0 aliphatic heterocycles. The molecule has 75 valence electrons. The Morgan fingerprint density at radius 3 is 2.77 bits per heavy atom. The van der Waals surface area contributed by atoms with Crippen molar-refractivity contribution in [1.29, 1.82) is 0 Å². The van der Waals surface area contributed by atoms with E-state index >= 15 is 0 Å². The molecule has 2 heteroatoms. The van der Waals surface area contributed by atoms with Gasteiger partial charge in [0.05, 0.1) is 13.0 Å². The molecule has 13 heavy (non-hydrogen) atoms. The Bertz CT molecular complexity index is 150. The minimum atomic E-state index is -0.156. The van der Waals surface area contributed by atoms with Gasteiger partial charge >= 0.3 is 5.97 Å². The summed E-state index contributed by atoms with van der Waals surface area (Å²) in [5.41, 5.74) is 0. The Labute approximate surface area is 81.0 Å². The first-order valence-electron chi connectivity index (χ1n) is 4.91. The fourth-order valence-corrected chi connectivity index (χ4v) is 0.953. The average Bonchev–Trinajstić information content (AvgIpc) is 2.14. The molecule has 0 unspecified atom stereocenters. The summed E-state index contributed by atoms with van der Waals surface area (Å²) in [5.74, 6) is -0.156. The Hall–Kier alpha value is -0.790. The van der Waals surface area contributed by atoms with Crippen LogP contribution in [0.25, 0.3) is 0 Å². The van der Waals surface area contributed by atoms with E-state index in [-0.39, 0.29) is 5.97 Å². The van der Waals surface area contributed by atoms with Gasteiger partial charge in [-0.25, -0.2) is 0 Å². The smallest absolute Gasteiger partial charge is 0.309 e. The third-order valence-electron chi connectivity index (χ3n) is 1.71. The normalized spacial score (nSPS) is 10.6. The first-order chi connectivity index (χ1) is 6.31. The zero-order chi connectivity index (χ0) is 9.94. The van der Waals surface area contributed by atoms with E-state index in [1.165, 1.54) is 12.8 Å².